The third kappa shape index (κ3) is 2.68. The molecule has 0 amide bonds. The first-order valence-electron chi connectivity index (χ1n) is 4.92. The number of nitrogens with zero attached hydrogens (tertiary/aromatic N) is 3. The van der Waals surface area contributed by atoms with Gasteiger partial charge in [-0.3, -0.25) is 0 Å². The SMILES string of the molecule is COc1nc(Cl)nc(NCC2(SC)CC2)n1. The Balaban J connectivity index is 2.01. The highest BCUT2D eigenvalue weighted by atomic mass is 35.5. The van der Waals surface area contributed by atoms with Crippen molar-refractivity contribution in [2.24, 2.45) is 0 Å². The Kier molecular flexibility index (Phi) is 3.39. The van der Waals surface area contributed by atoms with E-state index < -0.39 is 0 Å². The highest BCUT2D eigenvalue weighted by molar-refractivity contribution is 8.00. The molecule has 5 nitrogen and oxygen atoms in total. The van der Waals surface area contributed by atoms with E-state index in [1.165, 1.54) is 20.0 Å². The summed E-state index contributed by atoms with van der Waals surface area (Å²) in [4.78, 5) is 11.9. The van der Waals surface area contributed by atoms with E-state index in [2.05, 4.69) is 26.5 Å². The molecule has 1 N–H and O–H groups in total. The standard InChI is InChI=1S/C9H13ClN4OS/c1-15-8-13-6(10)12-7(14-8)11-5-9(16-2)3-4-9/h3-5H2,1-2H3,(H,11,12,13,14). The summed E-state index contributed by atoms with van der Waals surface area (Å²) in [5.74, 6) is 0.470. The van der Waals surface area contributed by atoms with Crippen LogP contribution in [0.1, 0.15) is 12.8 Å². The molecule has 1 heterocycles. The van der Waals surface area contributed by atoms with Gasteiger partial charge in [0.15, 0.2) is 0 Å². The first kappa shape index (κ1) is 11.7. The maximum atomic E-state index is 5.74. The number of ether oxygens (including phenoxy) is 1. The number of rotatable bonds is 5. The highest BCUT2D eigenvalue weighted by Crippen LogP contribution is 2.46. The van der Waals surface area contributed by atoms with Gasteiger partial charge in [0.1, 0.15) is 0 Å². The third-order valence-corrected chi connectivity index (χ3v) is 4.17. The summed E-state index contributed by atoms with van der Waals surface area (Å²) in [6, 6.07) is 0.233. The number of aromatic nitrogens is 3. The minimum absolute atomic E-state index is 0.142. The normalized spacial score (nSPS) is 16.9. The zero-order valence-electron chi connectivity index (χ0n) is 9.16. The van der Waals surface area contributed by atoms with Gasteiger partial charge in [0.2, 0.25) is 11.2 Å². The van der Waals surface area contributed by atoms with E-state index >= 15 is 0 Å². The molecule has 7 heteroatoms. The van der Waals surface area contributed by atoms with Crippen molar-refractivity contribution in [1.82, 2.24) is 15.0 Å². The molecule has 0 bridgehead atoms. The zero-order chi connectivity index (χ0) is 11.6. The van der Waals surface area contributed by atoms with Gasteiger partial charge in [-0.05, 0) is 30.7 Å². The van der Waals surface area contributed by atoms with Crippen molar-refractivity contribution >= 4 is 29.3 Å². The Morgan fingerprint density at radius 3 is 2.75 bits per heavy atom. The molecule has 0 atom stereocenters. The number of methoxy groups -OCH3 is 1. The second kappa shape index (κ2) is 4.63. The molecule has 0 aliphatic heterocycles. The zero-order valence-corrected chi connectivity index (χ0v) is 10.7. The average molecular weight is 261 g/mol. The fourth-order valence-corrected chi connectivity index (χ4v) is 2.21. The molecule has 0 radical (unpaired) electrons. The van der Waals surface area contributed by atoms with Crippen molar-refractivity contribution in [3.63, 3.8) is 0 Å². The minimum atomic E-state index is 0.142. The fourth-order valence-electron chi connectivity index (χ4n) is 1.33. The Morgan fingerprint density at radius 1 is 1.44 bits per heavy atom. The molecule has 0 saturated heterocycles. The molecule has 0 unspecified atom stereocenters. The Morgan fingerprint density at radius 2 is 2.19 bits per heavy atom. The second-order valence-corrected chi connectivity index (χ2v) is 5.27. The second-order valence-electron chi connectivity index (χ2n) is 3.66. The van der Waals surface area contributed by atoms with Crippen molar-refractivity contribution in [3.05, 3.63) is 5.28 Å². The topological polar surface area (TPSA) is 59.9 Å². The average Bonchev–Trinajstić information content (AvgIpc) is 3.06. The van der Waals surface area contributed by atoms with Crippen LogP contribution in [0.4, 0.5) is 5.95 Å². The van der Waals surface area contributed by atoms with Crippen LogP contribution in [0, 0.1) is 0 Å². The van der Waals surface area contributed by atoms with Gasteiger partial charge in [0.05, 0.1) is 7.11 Å². The number of thioether (sulfide) groups is 1. The van der Waals surface area contributed by atoms with Crippen molar-refractivity contribution in [2.45, 2.75) is 17.6 Å². The van der Waals surface area contributed by atoms with Gasteiger partial charge in [-0.1, -0.05) is 0 Å². The number of nitrogens with one attached hydrogen (secondary N) is 1. The summed E-state index contributed by atoms with van der Waals surface area (Å²) in [5, 5.41) is 3.31. The lowest BCUT2D eigenvalue weighted by atomic mass is 10.4. The maximum Gasteiger partial charge on any atom is 0.322 e. The van der Waals surface area contributed by atoms with Gasteiger partial charge in [0.25, 0.3) is 0 Å². The number of halogens is 1. The summed E-state index contributed by atoms with van der Waals surface area (Å²) >= 11 is 7.61. The molecule has 88 valence electrons. The summed E-state index contributed by atoms with van der Waals surface area (Å²) < 4.78 is 5.27. The van der Waals surface area contributed by atoms with Crippen LogP contribution in [0.5, 0.6) is 6.01 Å². The minimum Gasteiger partial charge on any atom is -0.467 e. The first-order valence-corrected chi connectivity index (χ1v) is 6.52. The molecular weight excluding hydrogens is 248 g/mol. The molecule has 16 heavy (non-hydrogen) atoms. The van der Waals surface area contributed by atoms with Crippen LogP contribution < -0.4 is 10.1 Å². The molecule has 1 aromatic heterocycles. The van der Waals surface area contributed by atoms with Crippen LogP contribution in [-0.2, 0) is 0 Å². The maximum absolute atomic E-state index is 5.74. The van der Waals surface area contributed by atoms with Crippen LogP contribution in [0.3, 0.4) is 0 Å². The van der Waals surface area contributed by atoms with Crippen LogP contribution in [0.25, 0.3) is 0 Å². The van der Waals surface area contributed by atoms with E-state index in [-0.39, 0.29) is 11.3 Å². The molecule has 0 aromatic carbocycles. The number of anilines is 1. The van der Waals surface area contributed by atoms with Crippen molar-refractivity contribution in [3.8, 4) is 6.01 Å². The smallest absolute Gasteiger partial charge is 0.322 e. The monoisotopic (exact) mass is 260 g/mol. The van der Waals surface area contributed by atoms with E-state index in [4.69, 9.17) is 16.3 Å². The number of hydrogen-bond acceptors (Lipinski definition) is 6. The predicted molar refractivity (Wildman–Crippen MR) is 65.4 cm³/mol. The van der Waals surface area contributed by atoms with Gasteiger partial charge in [-0.25, -0.2) is 0 Å². The van der Waals surface area contributed by atoms with Crippen LogP contribution in [0.15, 0.2) is 0 Å². The van der Waals surface area contributed by atoms with Gasteiger partial charge in [-0.2, -0.15) is 26.7 Å². The Bertz CT molecular complexity index is 386. The molecule has 1 saturated carbocycles. The summed E-state index contributed by atoms with van der Waals surface area (Å²) in [5.41, 5.74) is 0. The van der Waals surface area contributed by atoms with Crippen molar-refractivity contribution in [2.75, 3.05) is 25.2 Å². The highest BCUT2D eigenvalue weighted by Gasteiger charge is 2.41. The third-order valence-electron chi connectivity index (χ3n) is 2.58. The molecule has 2 rings (SSSR count). The van der Waals surface area contributed by atoms with Crippen LogP contribution in [-0.4, -0.2) is 39.6 Å². The molecular formula is C9H13ClN4OS. The van der Waals surface area contributed by atoms with E-state index in [9.17, 15) is 0 Å². The van der Waals surface area contributed by atoms with Crippen LogP contribution in [0.2, 0.25) is 5.28 Å². The van der Waals surface area contributed by atoms with E-state index in [1.807, 2.05) is 11.8 Å². The lowest BCUT2D eigenvalue weighted by Gasteiger charge is -2.12. The van der Waals surface area contributed by atoms with E-state index in [0.717, 1.165) is 6.54 Å². The van der Waals surface area contributed by atoms with Crippen molar-refractivity contribution in [1.29, 1.82) is 0 Å². The van der Waals surface area contributed by atoms with Crippen molar-refractivity contribution < 1.29 is 4.74 Å². The Hall–Kier alpha value is -0.750. The summed E-state index contributed by atoms with van der Waals surface area (Å²) in [7, 11) is 1.50. The fraction of sp³-hybridized carbons (Fsp3) is 0.667. The summed E-state index contributed by atoms with van der Waals surface area (Å²) in [6.07, 6.45) is 4.59. The van der Waals surface area contributed by atoms with E-state index in [0.29, 0.717) is 10.7 Å². The number of hydrogen-bond donors (Lipinski definition) is 1. The lowest BCUT2D eigenvalue weighted by molar-refractivity contribution is 0.379. The molecule has 1 aliphatic carbocycles. The summed E-state index contributed by atoms with van der Waals surface area (Å²) in [6.45, 7) is 0.845. The molecule has 0 spiro atoms. The van der Waals surface area contributed by atoms with Gasteiger partial charge >= 0.3 is 6.01 Å². The molecule has 1 fully saturated rings. The van der Waals surface area contributed by atoms with Gasteiger partial charge < -0.3 is 10.1 Å². The van der Waals surface area contributed by atoms with Gasteiger partial charge in [0, 0.05) is 11.3 Å². The largest absolute Gasteiger partial charge is 0.467 e. The predicted octanol–water partition coefficient (Wildman–Crippen LogP) is 1.84. The molecule has 1 aromatic rings. The lowest BCUT2D eigenvalue weighted by Crippen LogP contribution is -2.19. The van der Waals surface area contributed by atoms with E-state index in [1.54, 1.807) is 0 Å². The molecule has 1 aliphatic rings. The first-order chi connectivity index (χ1) is 7.67. The van der Waals surface area contributed by atoms with Crippen LogP contribution >= 0.6 is 23.4 Å². The Labute approximate surface area is 103 Å². The quantitative estimate of drug-likeness (QED) is 0.872. The van der Waals surface area contributed by atoms with Gasteiger partial charge in [-0.15, -0.1) is 0 Å².